The summed E-state index contributed by atoms with van der Waals surface area (Å²) in [6, 6.07) is 9.28. The van der Waals surface area contributed by atoms with Gasteiger partial charge in [0.25, 0.3) is 5.91 Å². The Kier molecular flexibility index (Phi) is 6.43. The average molecular weight is 449 g/mol. The maximum absolute atomic E-state index is 12.5. The number of nitrogens with one attached hydrogen (secondary N) is 2. The number of aromatic nitrogens is 1. The molecule has 0 aliphatic heterocycles. The van der Waals surface area contributed by atoms with Gasteiger partial charge in [-0.2, -0.15) is 0 Å². The number of aromatic amines is 1. The lowest BCUT2D eigenvalue weighted by atomic mass is 10.0. The van der Waals surface area contributed by atoms with E-state index in [1.165, 1.54) is 16.7 Å². The maximum Gasteiger partial charge on any atom is 0.281 e. The van der Waals surface area contributed by atoms with Crippen LogP contribution in [-0.2, 0) is 16.4 Å². The molecule has 3 rings (SSSR count). The second-order valence-electron chi connectivity index (χ2n) is 7.51. The van der Waals surface area contributed by atoms with Crippen molar-refractivity contribution in [3.05, 3.63) is 63.3 Å². The van der Waals surface area contributed by atoms with Gasteiger partial charge in [0, 0.05) is 15.9 Å². The van der Waals surface area contributed by atoms with Gasteiger partial charge in [-0.3, -0.25) is 4.79 Å². The number of amides is 1. The molecule has 0 fully saturated rings. The highest BCUT2D eigenvalue weighted by molar-refractivity contribution is 7.89. The molecule has 0 unspecified atom stereocenters. The van der Waals surface area contributed by atoms with Crippen LogP contribution in [0.2, 0.25) is 5.02 Å². The van der Waals surface area contributed by atoms with Crippen LogP contribution in [0.4, 0.5) is 0 Å². The number of fused-ring (bicyclic) bond motifs is 1. The zero-order valence-electron chi connectivity index (χ0n) is 17.4. The van der Waals surface area contributed by atoms with Crippen LogP contribution in [0.3, 0.4) is 0 Å². The van der Waals surface area contributed by atoms with Crippen molar-refractivity contribution in [1.82, 2.24) is 9.71 Å². The zero-order valence-corrected chi connectivity index (χ0v) is 19.0. The maximum atomic E-state index is 12.5. The molecule has 160 valence electrons. The zero-order chi connectivity index (χ0) is 22.1. The first kappa shape index (κ1) is 22.2. The Hall–Kier alpha value is -2.51. The number of sulfonamides is 1. The quantitative estimate of drug-likeness (QED) is 0.523. The smallest absolute Gasteiger partial charge is 0.281 e. The number of carbonyl (C=O) groups excluding carboxylic acids is 1. The van der Waals surface area contributed by atoms with E-state index < -0.39 is 15.9 Å². The van der Waals surface area contributed by atoms with Gasteiger partial charge in [0.1, 0.15) is 11.4 Å². The highest BCUT2D eigenvalue weighted by Gasteiger charge is 2.20. The molecule has 0 aliphatic rings. The van der Waals surface area contributed by atoms with Gasteiger partial charge in [-0.25, -0.2) is 13.1 Å². The molecule has 0 saturated carbocycles. The Bertz CT molecular complexity index is 1190. The number of benzene rings is 2. The van der Waals surface area contributed by atoms with Crippen molar-refractivity contribution in [2.45, 2.75) is 33.6 Å². The summed E-state index contributed by atoms with van der Waals surface area (Å²) in [4.78, 5) is 15.5. The number of H-pyrrole nitrogens is 1. The molecule has 1 heterocycles. The van der Waals surface area contributed by atoms with E-state index in [0.29, 0.717) is 30.0 Å². The SMILES string of the molecule is Cc1cc(OCCCc2c(C(=O)NS(C)(=O)=O)[nH]c3ccc(Cl)cc23)cc(C)c1C. The van der Waals surface area contributed by atoms with Crippen LogP contribution in [0.1, 0.15) is 39.2 Å². The van der Waals surface area contributed by atoms with E-state index in [0.717, 1.165) is 22.9 Å². The molecule has 6 nitrogen and oxygen atoms in total. The third kappa shape index (κ3) is 5.15. The molecule has 2 aromatic carbocycles. The molecule has 2 N–H and O–H groups in total. The van der Waals surface area contributed by atoms with Crippen LogP contribution in [0.5, 0.6) is 5.75 Å². The lowest BCUT2D eigenvalue weighted by Crippen LogP contribution is -2.30. The summed E-state index contributed by atoms with van der Waals surface area (Å²) >= 11 is 6.13. The molecule has 0 atom stereocenters. The number of hydrogen-bond acceptors (Lipinski definition) is 4. The molecule has 0 spiro atoms. The van der Waals surface area contributed by atoms with Crippen molar-refractivity contribution in [1.29, 1.82) is 0 Å². The van der Waals surface area contributed by atoms with Crippen LogP contribution >= 0.6 is 11.6 Å². The second kappa shape index (κ2) is 8.70. The Balaban J connectivity index is 1.79. The van der Waals surface area contributed by atoms with Crippen LogP contribution < -0.4 is 9.46 Å². The van der Waals surface area contributed by atoms with Crippen molar-refractivity contribution >= 4 is 38.4 Å². The summed E-state index contributed by atoms with van der Waals surface area (Å²) in [6.07, 6.45) is 2.12. The van der Waals surface area contributed by atoms with Crippen LogP contribution in [0.15, 0.2) is 30.3 Å². The average Bonchev–Trinajstić information content (AvgIpc) is 3.00. The normalized spacial score (nSPS) is 11.6. The van der Waals surface area contributed by atoms with Gasteiger partial charge in [0.2, 0.25) is 10.0 Å². The van der Waals surface area contributed by atoms with Gasteiger partial charge in [-0.05, 0) is 86.2 Å². The number of aryl methyl sites for hydroxylation is 3. The Labute approximate surface area is 181 Å². The predicted molar refractivity (Wildman–Crippen MR) is 120 cm³/mol. The van der Waals surface area contributed by atoms with E-state index in [2.05, 4.69) is 25.8 Å². The third-order valence-electron chi connectivity index (χ3n) is 5.11. The molecule has 1 amide bonds. The van der Waals surface area contributed by atoms with E-state index in [4.69, 9.17) is 16.3 Å². The van der Waals surface area contributed by atoms with Crippen LogP contribution in [0.25, 0.3) is 10.9 Å². The summed E-state index contributed by atoms with van der Waals surface area (Å²) in [6.45, 7) is 6.65. The Morgan fingerprint density at radius 3 is 2.43 bits per heavy atom. The number of hydrogen-bond donors (Lipinski definition) is 2. The Morgan fingerprint density at radius 2 is 1.80 bits per heavy atom. The first-order chi connectivity index (χ1) is 14.0. The van der Waals surface area contributed by atoms with Crippen molar-refractivity contribution in [2.24, 2.45) is 0 Å². The third-order valence-corrected chi connectivity index (χ3v) is 5.91. The van der Waals surface area contributed by atoms with Crippen LogP contribution in [0, 0.1) is 20.8 Å². The summed E-state index contributed by atoms with van der Waals surface area (Å²) in [5, 5.41) is 1.34. The second-order valence-corrected chi connectivity index (χ2v) is 9.69. The summed E-state index contributed by atoms with van der Waals surface area (Å²) in [5.41, 5.74) is 5.26. The minimum atomic E-state index is -3.68. The lowest BCUT2D eigenvalue weighted by Gasteiger charge is -2.11. The largest absolute Gasteiger partial charge is 0.494 e. The predicted octanol–water partition coefficient (Wildman–Crippen LogP) is 4.45. The summed E-state index contributed by atoms with van der Waals surface area (Å²) in [7, 11) is -3.68. The topological polar surface area (TPSA) is 88.3 Å². The fourth-order valence-electron chi connectivity index (χ4n) is 3.41. The monoisotopic (exact) mass is 448 g/mol. The number of ether oxygens (including phenoxy) is 1. The Morgan fingerprint density at radius 1 is 1.13 bits per heavy atom. The van der Waals surface area contributed by atoms with E-state index in [-0.39, 0.29) is 5.69 Å². The standard InChI is InChI=1S/C22H25ClN2O4S/c1-13-10-17(11-14(2)15(13)3)29-9-5-6-18-19-12-16(23)7-8-20(19)24-21(18)22(26)25-30(4,27)28/h7-8,10-12,24H,5-6,9H2,1-4H3,(H,25,26). The van der Waals surface area contributed by atoms with Crippen molar-refractivity contribution in [2.75, 3.05) is 12.9 Å². The van der Waals surface area contributed by atoms with Crippen molar-refractivity contribution in [3.8, 4) is 5.75 Å². The number of halogens is 1. The highest BCUT2D eigenvalue weighted by atomic mass is 35.5. The molecule has 0 aliphatic carbocycles. The van der Waals surface area contributed by atoms with Gasteiger partial charge >= 0.3 is 0 Å². The van der Waals surface area contributed by atoms with E-state index in [9.17, 15) is 13.2 Å². The van der Waals surface area contributed by atoms with Gasteiger partial charge < -0.3 is 9.72 Å². The van der Waals surface area contributed by atoms with Crippen molar-refractivity contribution < 1.29 is 17.9 Å². The van der Waals surface area contributed by atoms with Gasteiger partial charge in [-0.15, -0.1) is 0 Å². The van der Waals surface area contributed by atoms with Crippen molar-refractivity contribution in [3.63, 3.8) is 0 Å². The molecule has 1 aromatic heterocycles. The molecule has 0 radical (unpaired) electrons. The molecular weight excluding hydrogens is 424 g/mol. The number of rotatable bonds is 7. The minimum absolute atomic E-state index is 0.222. The molecule has 8 heteroatoms. The van der Waals surface area contributed by atoms with Gasteiger partial charge in [0.05, 0.1) is 12.9 Å². The fraction of sp³-hybridized carbons (Fsp3) is 0.318. The number of carbonyl (C=O) groups is 1. The first-order valence-corrected chi connectivity index (χ1v) is 11.8. The lowest BCUT2D eigenvalue weighted by molar-refractivity contribution is 0.0976. The highest BCUT2D eigenvalue weighted by Crippen LogP contribution is 2.27. The molecule has 30 heavy (non-hydrogen) atoms. The molecule has 0 bridgehead atoms. The van der Waals surface area contributed by atoms with E-state index in [1.807, 2.05) is 16.9 Å². The first-order valence-electron chi connectivity index (χ1n) is 9.58. The van der Waals surface area contributed by atoms with E-state index in [1.54, 1.807) is 18.2 Å². The summed E-state index contributed by atoms with van der Waals surface area (Å²) in [5.74, 6) is 0.123. The van der Waals surface area contributed by atoms with Gasteiger partial charge in [0.15, 0.2) is 0 Å². The van der Waals surface area contributed by atoms with Gasteiger partial charge in [-0.1, -0.05) is 11.6 Å². The fourth-order valence-corrected chi connectivity index (χ4v) is 4.02. The molecule has 3 aromatic rings. The van der Waals surface area contributed by atoms with Crippen LogP contribution in [-0.4, -0.2) is 32.2 Å². The molecule has 0 saturated heterocycles. The molecular formula is C22H25ClN2O4S. The summed E-state index contributed by atoms with van der Waals surface area (Å²) < 4.78 is 30.9. The minimum Gasteiger partial charge on any atom is -0.494 e. The van der Waals surface area contributed by atoms with E-state index >= 15 is 0 Å².